The number of carbonyl (C=O) groups excluding carboxylic acids is 2. The van der Waals surface area contributed by atoms with Gasteiger partial charge in [0.05, 0.1) is 25.3 Å². The molecule has 0 bridgehead atoms. The van der Waals surface area contributed by atoms with Crippen LogP contribution in [-0.2, 0) is 9.59 Å². The number of ether oxygens (including phenoxy) is 2. The third-order valence-corrected chi connectivity index (χ3v) is 6.33. The van der Waals surface area contributed by atoms with Crippen LogP contribution >= 0.6 is 0 Å². The van der Waals surface area contributed by atoms with Crippen molar-refractivity contribution >= 4 is 23.1 Å². The van der Waals surface area contributed by atoms with Crippen LogP contribution in [0.4, 0.5) is 5.69 Å². The van der Waals surface area contributed by atoms with Crippen LogP contribution in [0.1, 0.15) is 42.1 Å². The zero-order valence-electron chi connectivity index (χ0n) is 21.6. The first kappa shape index (κ1) is 25.8. The summed E-state index contributed by atoms with van der Waals surface area (Å²) in [6.07, 6.45) is 0. The number of hydrogen-bond donors (Lipinski definition) is 2. The van der Waals surface area contributed by atoms with Crippen molar-refractivity contribution in [1.29, 1.82) is 0 Å². The molecule has 1 atom stereocenters. The van der Waals surface area contributed by atoms with E-state index in [0.29, 0.717) is 46.4 Å². The number of phenols is 1. The molecule has 2 N–H and O–H groups in total. The average molecular weight is 502 g/mol. The molecule has 0 aliphatic carbocycles. The van der Waals surface area contributed by atoms with Gasteiger partial charge in [-0.15, -0.1) is 0 Å². The summed E-state index contributed by atoms with van der Waals surface area (Å²) < 4.78 is 11.1. The van der Waals surface area contributed by atoms with Crippen molar-refractivity contribution in [3.63, 3.8) is 0 Å². The minimum absolute atomic E-state index is 0.0167. The Bertz CT molecular complexity index is 1370. The van der Waals surface area contributed by atoms with Crippen molar-refractivity contribution in [2.24, 2.45) is 5.92 Å². The van der Waals surface area contributed by atoms with E-state index in [1.54, 1.807) is 62.6 Å². The van der Waals surface area contributed by atoms with Crippen LogP contribution in [0.2, 0.25) is 0 Å². The maximum absolute atomic E-state index is 13.4. The van der Waals surface area contributed by atoms with Gasteiger partial charge < -0.3 is 19.7 Å². The molecule has 1 aliphatic rings. The minimum atomic E-state index is -0.948. The van der Waals surface area contributed by atoms with E-state index in [2.05, 4.69) is 13.8 Å². The number of Topliss-reactive ketones (excluding diaryl/α,β-unsaturated/α-hetero) is 1. The first-order chi connectivity index (χ1) is 17.6. The number of benzene rings is 3. The highest BCUT2D eigenvalue weighted by Gasteiger charge is 2.47. The monoisotopic (exact) mass is 501 g/mol. The Morgan fingerprint density at radius 3 is 2.32 bits per heavy atom. The quantitative estimate of drug-likeness (QED) is 0.246. The number of rotatable bonds is 7. The van der Waals surface area contributed by atoms with Gasteiger partial charge in [-0.1, -0.05) is 26.0 Å². The summed E-state index contributed by atoms with van der Waals surface area (Å²) in [4.78, 5) is 28.2. The Morgan fingerprint density at radius 2 is 1.70 bits per heavy atom. The van der Waals surface area contributed by atoms with Crippen molar-refractivity contribution in [2.75, 3.05) is 18.6 Å². The van der Waals surface area contributed by atoms with Crippen molar-refractivity contribution in [3.05, 3.63) is 88.5 Å². The lowest BCUT2D eigenvalue weighted by molar-refractivity contribution is -0.132. The molecule has 7 heteroatoms. The summed E-state index contributed by atoms with van der Waals surface area (Å²) in [5.41, 5.74) is 2.79. The Hall–Kier alpha value is -4.26. The smallest absolute Gasteiger partial charge is 0.300 e. The molecule has 0 saturated carbocycles. The summed E-state index contributed by atoms with van der Waals surface area (Å²) >= 11 is 0. The molecule has 4 rings (SSSR count). The predicted octanol–water partition coefficient (Wildman–Crippen LogP) is 5.68. The Morgan fingerprint density at radius 1 is 1.00 bits per heavy atom. The third-order valence-electron chi connectivity index (χ3n) is 6.33. The second-order valence-electron chi connectivity index (χ2n) is 9.60. The number of aromatic hydroxyl groups is 1. The van der Waals surface area contributed by atoms with E-state index in [4.69, 9.17) is 9.47 Å². The number of methoxy groups -OCH3 is 1. The summed E-state index contributed by atoms with van der Waals surface area (Å²) in [7, 11) is 1.56. The second kappa shape index (κ2) is 10.4. The first-order valence-electron chi connectivity index (χ1n) is 12.1. The van der Waals surface area contributed by atoms with Crippen LogP contribution in [0.25, 0.3) is 5.76 Å². The minimum Gasteiger partial charge on any atom is -0.508 e. The second-order valence-corrected chi connectivity index (χ2v) is 9.60. The molecule has 1 heterocycles. The molecule has 0 aromatic heterocycles. The summed E-state index contributed by atoms with van der Waals surface area (Å²) in [5.74, 6) is -0.224. The topological polar surface area (TPSA) is 96.3 Å². The van der Waals surface area contributed by atoms with Gasteiger partial charge in [-0.3, -0.25) is 14.5 Å². The Labute approximate surface area is 216 Å². The number of anilines is 1. The molecule has 1 fully saturated rings. The van der Waals surface area contributed by atoms with E-state index < -0.39 is 17.7 Å². The molecule has 1 aliphatic heterocycles. The molecular weight excluding hydrogens is 470 g/mol. The Balaban J connectivity index is 1.87. The molecule has 7 nitrogen and oxygen atoms in total. The first-order valence-corrected chi connectivity index (χ1v) is 12.1. The van der Waals surface area contributed by atoms with Crippen molar-refractivity contribution in [3.8, 4) is 17.2 Å². The third kappa shape index (κ3) is 5.03. The van der Waals surface area contributed by atoms with E-state index in [-0.39, 0.29) is 17.1 Å². The molecule has 3 aromatic carbocycles. The van der Waals surface area contributed by atoms with E-state index in [1.165, 1.54) is 17.0 Å². The molecule has 37 heavy (non-hydrogen) atoms. The standard InChI is InChI=1S/C30H31NO6/c1-17(2)16-37-23-11-9-21(10-12-23)31-27(20-7-6-8-22(32)15-20)26(29(34)30(31)35)28(33)24-13-19(4)25(36-5)14-18(24)3/h6-15,17,27,32-33H,16H2,1-5H3/b28-26+. The number of carbonyl (C=O) groups is 2. The molecule has 1 amide bonds. The van der Waals surface area contributed by atoms with E-state index in [9.17, 15) is 19.8 Å². The maximum Gasteiger partial charge on any atom is 0.300 e. The number of aliphatic hydroxyl groups excluding tert-OH is 1. The average Bonchev–Trinajstić information content (AvgIpc) is 3.14. The van der Waals surface area contributed by atoms with Gasteiger partial charge in [0.25, 0.3) is 11.7 Å². The van der Waals surface area contributed by atoms with Gasteiger partial charge in [-0.25, -0.2) is 0 Å². The zero-order chi connectivity index (χ0) is 26.9. The summed E-state index contributed by atoms with van der Waals surface area (Å²) in [5, 5.41) is 21.7. The molecule has 3 aromatic rings. The number of amides is 1. The van der Waals surface area contributed by atoms with Gasteiger partial charge in [-0.05, 0) is 85.0 Å². The van der Waals surface area contributed by atoms with E-state index in [0.717, 1.165) is 5.56 Å². The summed E-state index contributed by atoms with van der Waals surface area (Å²) in [6, 6.07) is 15.8. The normalized spacial score (nSPS) is 16.9. The molecular formula is C30H31NO6. The highest BCUT2D eigenvalue weighted by atomic mass is 16.5. The lowest BCUT2D eigenvalue weighted by atomic mass is 9.93. The van der Waals surface area contributed by atoms with Crippen LogP contribution in [0.5, 0.6) is 17.2 Å². The molecule has 0 radical (unpaired) electrons. The van der Waals surface area contributed by atoms with Crippen LogP contribution in [0.3, 0.4) is 0 Å². The highest BCUT2D eigenvalue weighted by molar-refractivity contribution is 6.51. The van der Waals surface area contributed by atoms with E-state index in [1.807, 2.05) is 6.92 Å². The van der Waals surface area contributed by atoms with Gasteiger partial charge in [0.1, 0.15) is 23.0 Å². The fourth-order valence-corrected chi connectivity index (χ4v) is 4.48. The van der Waals surface area contributed by atoms with Gasteiger partial charge in [0.2, 0.25) is 0 Å². The molecule has 0 spiro atoms. The molecule has 1 unspecified atom stereocenters. The SMILES string of the molecule is COc1cc(C)c(/C(O)=C2\C(=O)C(=O)N(c3ccc(OCC(C)C)cc3)C2c2cccc(O)c2)cc1C. The van der Waals surface area contributed by atoms with Crippen LogP contribution < -0.4 is 14.4 Å². The maximum atomic E-state index is 13.4. The lowest BCUT2D eigenvalue weighted by Crippen LogP contribution is -2.29. The van der Waals surface area contributed by atoms with Crippen LogP contribution in [-0.4, -0.2) is 35.6 Å². The van der Waals surface area contributed by atoms with Gasteiger partial charge in [-0.2, -0.15) is 0 Å². The number of ketones is 1. The number of aliphatic hydroxyl groups is 1. The predicted molar refractivity (Wildman–Crippen MR) is 142 cm³/mol. The van der Waals surface area contributed by atoms with Crippen LogP contribution in [0.15, 0.2) is 66.2 Å². The van der Waals surface area contributed by atoms with E-state index >= 15 is 0 Å². The van der Waals surface area contributed by atoms with Gasteiger partial charge >= 0.3 is 0 Å². The van der Waals surface area contributed by atoms with Gasteiger partial charge in [0, 0.05) is 11.3 Å². The number of nitrogens with zero attached hydrogens (tertiary/aromatic N) is 1. The molecule has 1 saturated heterocycles. The lowest BCUT2D eigenvalue weighted by Gasteiger charge is -2.26. The van der Waals surface area contributed by atoms with Crippen molar-refractivity contribution in [2.45, 2.75) is 33.7 Å². The van der Waals surface area contributed by atoms with Gasteiger partial charge in [0.15, 0.2) is 0 Å². The fraction of sp³-hybridized carbons (Fsp3) is 0.267. The molecule has 192 valence electrons. The number of hydrogen-bond acceptors (Lipinski definition) is 6. The van der Waals surface area contributed by atoms with Crippen molar-refractivity contribution < 1.29 is 29.3 Å². The van der Waals surface area contributed by atoms with Crippen molar-refractivity contribution in [1.82, 2.24) is 0 Å². The fourth-order valence-electron chi connectivity index (χ4n) is 4.48. The van der Waals surface area contributed by atoms with Crippen LogP contribution in [0, 0.1) is 19.8 Å². The number of aryl methyl sites for hydroxylation is 2. The number of phenolic OH excluding ortho intramolecular Hbond substituents is 1. The Kier molecular flexibility index (Phi) is 7.25. The largest absolute Gasteiger partial charge is 0.508 e. The summed E-state index contributed by atoms with van der Waals surface area (Å²) in [6.45, 7) is 8.29. The highest BCUT2D eigenvalue weighted by Crippen LogP contribution is 2.43. The zero-order valence-corrected chi connectivity index (χ0v) is 21.6.